The van der Waals surface area contributed by atoms with Crippen LogP contribution in [0.15, 0.2) is 24.3 Å². The van der Waals surface area contributed by atoms with E-state index in [1.54, 1.807) is 0 Å². The second-order valence-corrected chi connectivity index (χ2v) is 7.28. The van der Waals surface area contributed by atoms with Crippen molar-refractivity contribution in [3.8, 4) is 0 Å². The summed E-state index contributed by atoms with van der Waals surface area (Å²) in [6.45, 7) is 5.97. The van der Waals surface area contributed by atoms with Crippen LogP contribution in [-0.4, -0.2) is 27.3 Å². The van der Waals surface area contributed by atoms with Crippen LogP contribution in [0.4, 0.5) is 0 Å². The number of amides is 1. The second-order valence-electron chi connectivity index (χ2n) is 6.91. The molecule has 1 amide bonds. The number of benzene rings is 1. The largest absolute Gasteiger partial charge is 0.370 e. The summed E-state index contributed by atoms with van der Waals surface area (Å²) in [5, 5.41) is 4.55. The van der Waals surface area contributed by atoms with Gasteiger partial charge in [-0.3, -0.25) is 4.79 Å². The van der Waals surface area contributed by atoms with E-state index >= 15 is 0 Å². The zero-order chi connectivity index (χ0) is 18.6. The molecule has 1 aromatic heterocycles. The van der Waals surface area contributed by atoms with Crippen LogP contribution in [0.1, 0.15) is 43.1 Å². The Kier molecular flexibility index (Phi) is 6.50. The number of carbonyl (C=O) groups is 1. The van der Waals surface area contributed by atoms with E-state index in [2.05, 4.69) is 50.3 Å². The maximum absolute atomic E-state index is 11.0. The van der Waals surface area contributed by atoms with E-state index in [1.165, 1.54) is 16.0 Å². The minimum Gasteiger partial charge on any atom is -0.370 e. The van der Waals surface area contributed by atoms with Crippen LogP contribution in [0.25, 0.3) is 0 Å². The molecule has 25 heavy (non-hydrogen) atoms. The highest BCUT2D eigenvalue weighted by molar-refractivity contribution is 7.71. The van der Waals surface area contributed by atoms with Gasteiger partial charge >= 0.3 is 0 Å². The van der Waals surface area contributed by atoms with Crippen LogP contribution in [0.5, 0.6) is 0 Å². The predicted molar refractivity (Wildman–Crippen MR) is 101 cm³/mol. The number of aromatic nitrogens is 3. The van der Waals surface area contributed by atoms with Crippen molar-refractivity contribution in [3.63, 3.8) is 0 Å². The lowest BCUT2D eigenvalue weighted by molar-refractivity contribution is -0.917. The number of hydrogen-bond acceptors (Lipinski definition) is 3. The molecule has 0 spiro atoms. The molecule has 0 saturated carbocycles. The van der Waals surface area contributed by atoms with Crippen molar-refractivity contribution in [2.75, 3.05) is 7.05 Å². The number of nitrogens with one attached hydrogen (secondary N) is 1. The zero-order valence-corrected chi connectivity index (χ0v) is 16.3. The van der Waals surface area contributed by atoms with Crippen LogP contribution < -0.4 is 10.6 Å². The van der Waals surface area contributed by atoms with Gasteiger partial charge in [-0.25, -0.2) is 0 Å². The first-order valence-corrected chi connectivity index (χ1v) is 9.00. The molecule has 0 fully saturated rings. The number of quaternary nitrogens is 1. The zero-order valence-electron chi connectivity index (χ0n) is 15.5. The van der Waals surface area contributed by atoms with E-state index in [-0.39, 0.29) is 12.3 Å². The summed E-state index contributed by atoms with van der Waals surface area (Å²) in [6, 6.07) is 8.77. The molecule has 2 rings (SSSR count). The Morgan fingerprint density at radius 2 is 1.96 bits per heavy atom. The van der Waals surface area contributed by atoms with Gasteiger partial charge in [0, 0.05) is 25.5 Å². The molecule has 1 heterocycles. The number of nitrogens with two attached hydrogens (primary N) is 1. The van der Waals surface area contributed by atoms with Gasteiger partial charge in [-0.05, 0) is 23.7 Å². The van der Waals surface area contributed by atoms with Crippen LogP contribution >= 0.6 is 12.2 Å². The molecular weight excluding hydrogens is 334 g/mol. The van der Waals surface area contributed by atoms with Crippen LogP contribution in [0.2, 0.25) is 0 Å². The fraction of sp³-hybridized carbons (Fsp3) is 0.500. The maximum Gasteiger partial charge on any atom is 0.217 e. The maximum atomic E-state index is 11.0. The molecule has 0 radical (unpaired) electrons. The van der Waals surface area contributed by atoms with Crippen molar-refractivity contribution in [3.05, 3.63) is 46.0 Å². The van der Waals surface area contributed by atoms with Crippen LogP contribution in [-0.2, 0) is 31.5 Å². The third-order valence-electron chi connectivity index (χ3n) is 4.30. The molecule has 0 aliphatic heterocycles. The summed E-state index contributed by atoms with van der Waals surface area (Å²) in [4.78, 5) is 12.3. The van der Waals surface area contributed by atoms with Gasteiger partial charge in [-0.15, -0.1) is 0 Å². The standard InChI is InChI=1S/C18H27N5OS/c1-13(2)15-7-5-14(6-8-15)11-21(3)12-23-18(25)22(4)17(20-23)10-9-16(19)24/h5-8,13H,9-12H2,1-4H3,(H2,19,24)/p+1. The Hall–Kier alpha value is -1.99. The predicted octanol–water partition coefficient (Wildman–Crippen LogP) is 1.16. The number of aryl methyl sites for hydroxylation is 1. The van der Waals surface area contributed by atoms with Crippen molar-refractivity contribution in [1.29, 1.82) is 0 Å². The van der Waals surface area contributed by atoms with Gasteiger partial charge in [-0.1, -0.05) is 38.1 Å². The minimum absolute atomic E-state index is 0.282. The van der Waals surface area contributed by atoms with E-state index in [0.29, 0.717) is 23.8 Å². The fourth-order valence-corrected chi connectivity index (χ4v) is 2.98. The molecule has 0 aliphatic rings. The molecule has 136 valence electrons. The SMILES string of the molecule is CC(C)c1ccc(C[NH+](C)Cn2nc(CCC(N)=O)n(C)c2=S)cc1. The monoisotopic (exact) mass is 362 g/mol. The van der Waals surface area contributed by atoms with E-state index in [9.17, 15) is 4.79 Å². The summed E-state index contributed by atoms with van der Waals surface area (Å²) in [7, 11) is 4.00. The highest BCUT2D eigenvalue weighted by Crippen LogP contribution is 2.14. The Morgan fingerprint density at radius 1 is 1.32 bits per heavy atom. The molecule has 0 aliphatic carbocycles. The number of nitrogens with zero attached hydrogens (tertiary/aromatic N) is 3. The molecule has 2 aromatic rings. The van der Waals surface area contributed by atoms with Crippen molar-refractivity contribution in [2.45, 2.75) is 45.8 Å². The summed E-state index contributed by atoms with van der Waals surface area (Å²) >= 11 is 5.46. The summed E-state index contributed by atoms with van der Waals surface area (Å²) < 4.78 is 4.33. The molecule has 6 nitrogen and oxygen atoms in total. The molecular formula is C18H28N5OS+. The average molecular weight is 363 g/mol. The number of rotatable bonds is 8. The van der Waals surface area contributed by atoms with Gasteiger partial charge in [0.1, 0.15) is 12.4 Å². The molecule has 0 saturated heterocycles. The topological polar surface area (TPSA) is 70.3 Å². The third kappa shape index (κ3) is 5.24. The normalized spacial score (nSPS) is 12.5. The Labute approximate surface area is 154 Å². The minimum atomic E-state index is -0.326. The summed E-state index contributed by atoms with van der Waals surface area (Å²) in [6.07, 6.45) is 0.794. The molecule has 1 aromatic carbocycles. The summed E-state index contributed by atoms with van der Waals surface area (Å²) in [5.41, 5.74) is 7.86. The van der Waals surface area contributed by atoms with Gasteiger partial charge in [0.25, 0.3) is 0 Å². The van der Waals surface area contributed by atoms with Crippen LogP contribution in [0, 0.1) is 4.77 Å². The lowest BCUT2D eigenvalue weighted by Crippen LogP contribution is -3.07. The lowest BCUT2D eigenvalue weighted by atomic mass is 10.0. The van der Waals surface area contributed by atoms with Crippen molar-refractivity contribution >= 4 is 18.1 Å². The molecule has 1 atom stereocenters. The molecule has 7 heteroatoms. The average Bonchev–Trinajstić information content (AvgIpc) is 2.81. The lowest BCUT2D eigenvalue weighted by Gasteiger charge is -2.14. The fourth-order valence-electron chi connectivity index (χ4n) is 2.77. The number of primary amides is 1. The first-order chi connectivity index (χ1) is 11.8. The second kappa shape index (κ2) is 8.40. The smallest absolute Gasteiger partial charge is 0.217 e. The van der Waals surface area contributed by atoms with Crippen LogP contribution in [0.3, 0.4) is 0 Å². The number of carbonyl (C=O) groups excluding carboxylic acids is 1. The van der Waals surface area contributed by atoms with Crippen molar-refractivity contribution < 1.29 is 9.69 Å². The van der Waals surface area contributed by atoms with E-state index in [4.69, 9.17) is 18.0 Å². The Bertz CT molecular complexity index is 776. The molecule has 3 N–H and O–H groups in total. The first-order valence-electron chi connectivity index (χ1n) is 8.59. The molecule has 0 bridgehead atoms. The number of hydrogen-bond donors (Lipinski definition) is 2. The Morgan fingerprint density at radius 3 is 2.52 bits per heavy atom. The van der Waals surface area contributed by atoms with Gasteiger partial charge in [0.05, 0.1) is 7.05 Å². The van der Waals surface area contributed by atoms with Crippen molar-refractivity contribution in [1.82, 2.24) is 14.3 Å². The van der Waals surface area contributed by atoms with Gasteiger partial charge in [0.2, 0.25) is 10.7 Å². The van der Waals surface area contributed by atoms with E-state index < -0.39 is 0 Å². The third-order valence-corrected chi connectivity index (χ3v) is 4.78. The highest BCUT2D eigenvalue weighted by Gasteiger charge is 2.12. The van der Waals surface area contributed by atoms with E-state index in [1.807, 2.05) is 16.3 Å². The van der Waals surface area contributed by atoms with Crippen molar-refractivity contribution in [2.24, 2.45) is 12.8 Å². The van der Waals surface area contributed by atoms with Gasteiger partial charge < -0.3 is 15.2 Å². The Balaban J connectivity index is 2.02. The first kappa shape index (κ1) is 19.3. The molecule has 1 unspecified atom stereocenters. The quantitative estimate of drug-likeness (QED) is 0.693. The summed E-state index contributed by atoms with van der Waals surface area (Å²) in [5.74, 6) is 1.01. The highest BCUT2D eigenvalue weighted by atomic mass is 32.1. The van der Waals surface area contributed by atoms with E-state index in [0.717, 1.165) is 12.4 Å². The van der Waals surface area contributed by atoms with Gasteiger partial charge in [0.15, 0.2) is 6.67 Å². The van der Waals surface area contributed by atoms with Gasteiger partial charge in [-0.2, -0.15) is 9.78 Å².